The zero-order valence-electron chi connectivity index (χ0n) is 14.8. The van der Waals surface area contributed by atoms with Gasteiger partial charge in [-0.1, -0.05) is 19.1 Å². The molecular formula is C19H25N3O2S. The number of nitrogens with zero attached hydrogens (tertiary/aromatic N) is 2. The molecule has 1 amide bonds. The number of methoxy groups -OCH3 is 1. The number of likely N-dealkylation sites (tertiary alicyclic amines) is 1. The van der Waals surface area contributed by atoms with E-state index in [1.165, 1.54) is 24.2 Å². The third-order valence-corrected chi connectivity index (χ3v) is 5.37. The topological polar surface area (TPSA) is 54.5 Å². The van der Waals surface area contributed by atoms with Gasteiger partial charge in [0, 0.05) is 24.6 Å². The van der Waals surface area contributed by atoms with Crippen molar-refractivity contribution in [2.75, 3.05) is 25.5 Å². The number of hydrogen-bond donors (Lipinski definition) is 1. The van der Waals surface area contributed by atoms with Gasteiger partial charge in [0.15, 0.2) is 5.13 Å². The summed E-state index contributed by atoms with van der Waals surface area (Å²) in [5, 5.41) is 5.59. The molecule has 25 heavy (non-hydrogen) atoms. The van der Waals surface area contributed by atoms with Crippen LogP contribution in [0.3, 0.4) is 0 Å². The molecule has 1 aromatic heterocycles. The van der Waals surface area contributed by atoms with Crippen molar-refractivity contribution < 1.29 is 9.53 Å². The Hall–Kier alpha value is -1.76. The van der Waals surface area contributed by atoms with Crippen molar-refractivity contribution in [3.63, 3.8) is 0 Å². The third kappa shape index (κ3) is 5.11. The van der Waals surface area contributed by atoms with Gasteiger partial charge in [-0.2, -0.15) is 0 Å². The molecule has 1 aliphatic rings. The monoisotopic (exact) mass is 359 g/mol. The first-order valence-electron chi connectivity index (χ1n) is 8.70. The first-order chi connectivity index (χ1) is 12.1. The van der Waals surface area contributed by atoms with Gasteiger partial charge in [-0.05, 0) is 49.5 Å². The molecule has 1 fully saturated rings. The van der Waals surface area contributed by atoms with E-state index in [-0.39, 0.29) is 5.91 Å². The zero-order chi connectivity index (χ0) is 17.6. The van der Waals surface area contributed by atoms with Gasteiger partial charge >= 0.3 is 0 Å². The number of thiazole rings is 1. The predicted octanol–water partition coefficient (Wildman–Crippen LogP) is 3.77. The van der Waals surface area contributed by atoms with Crippen molar-refractivity contribution >= 4 is 22.4 Å². The predicted molar refractivity (Wildman–Crippen MR) is 101 cm³/mol. The molecule has 1 saturated heterocycles. The molecule has 3 rings (SSSR count). The molecule has 0 spiro atoms. The average molecular weight is 359 g/mol. The number of carbonyl (C=O) groups excluding carboxylic acids is 1. The van der Waals surface area contributed by atoms with Crippen molar-refractivity contribution in [2.45, 2.75) is 32.9 Å². The highest BCUT2D eigenvalue weighted by atomic mass is 32.1. The quantitative estimate of drug-likeness (QED) is 0.853. The molecule has 1 aromatic carbocycles. The molecule has 134 valence electrons. The number of hydrogen-bond acceptors (Lipinski definition) is 5. The molecule has 0 atom stereocenters. The van der Waals surface area contributed by atoms with Crippen LogP contribution in [0, 0.1) is 5.92 Å². The summed E-state index contributed by atoms with van der Waals surface area (Å²) >= 11 is 1.48. The molecular weight excluding hydrogens is 334 g/mol. The maximum Gasteiger partial charge on any atom is 0.257 e. The van der Waals surface area contributed by atoms with Crippen molar-refractivity contribution in [3.8, 4) is 0 Å². The molecule has 0 saturated carbocycles. The number of nitrogens with one attached hydrogen (secondary N) is 1. The van der Waals surface area contributed by atoms with Gasteiger partial charge < -0.3 is 4.74 Å². The van der Waals surface area contributed by atoms with Gasteiger partial charge in [-0.15, -0.1) is 11.3 Å². The Morgan fingerprint density at radius 3 is 2.72 bits per heavy atom. The second-order valence-corrected chi connectivity index (χ2v) is 7.54. The number of carbonyl (C=O) groups is 1. The van der Waals surface area contributed by atoms with Gasteiger partial charge in [-0.25, -0.2) is 4.98 Å². The summed E-state index contributed by atoms with van der Waals surface area (Å²) in [6, 6.07) is 7.44. The number of piperidine rings is 1. The molecule has 0 aliphatic carbocycles. The number of benzene rings is 1. The van der Waals surface area contributed by atoms with Crippen LogP contribution in [-0.2, 0) is 17.9 Å². The smallest absolute Gasteiger partial charge is 0.257 e. The fourth-order valence-corrected chi connectivity index (χ4v) is 3.67. The minimum absolute atomic E-state index is 0.128. The minimum atomic E-state index is -0.128. The maximum absolute atomic E-state index is 12.3. The normalized spacial score (nSPS) is 16.1. The van der Waals surface area contributed by atoms with E-state index in [1.807, 2.05) is 29.6 Å². The van der Waals surface area contributed by atoms with E-state index >= 15 is 0 Å². The highest BCUT2D eigenvalue weighted by molar-refractivity contribution is 7.13. The summed E-state index contributed by atoms with van der Waals surface area (Å²) in [6.07, 6.45) is 2.51. The van der Waals surface area contributed by atoms with Crippen LogP contribution in [0.2, 0.25) is 0 Å². The summed E-state index contributed by atoms with van der Waals surface area (Å²) in [5.41, 5.74) is 2.71. The molecule has 1 N–H and O–H groups in total. The van der Waals surface area contributed by atoms with Crippen LogP contribution in [0.4, 0.5) is 5.13 Å². The van der Waals surface area contributed by atoms with E-state index in [0.29, 0.717) is 17.3 Å². The third-order valence-electron chi connectivity index (χ3n) is 4.56. The molecule has 0 bridgehead atoms. The summed E-state index contributed by atoms with van der Waals surface area (Å²) in [7, 11) is 1.66. The second-order valence-electron chi connectivity index (χ2n) is 6.69. The van der Waals surface area contributed by atoms with Crippen LogP contribution in [0.25, 0.3) is 0 Å². The fraction of sp³-hybridized carbons (Fsp3) is 0.474. The van der Waals surface area contributed by atoms with Crippen molar-refractivity contribution in [2.24, 2.45) is 5.92 Å². The Morgan fingerprint density at radius 2 is 2.04 bits per heavy atom. The molecule has 6 heteroatoms. The van der Waals surface area contributed by atoms with Crippen molar-refractivity contribution in [3.05, 3.63) is 46.5 Å². The fourth-order valence-electron chi connectivity index (χ4n) is 2.97. The largest absolute Gasteiger partial charge is 0.380 e. The Labute approximate surface area is 153 Å². The molecule has 2 aromatic rings. The number of ether oxygens (including phenoxy) is 1. The summed E-state index contributed by atoms with van der Waals surface area (Å²) in [4.78, 5) is 19.3. The van der Waals surface area contributed by atoms with Crippen LogP contribution in [0.5, 0.6) is 0 Å². The van der Waals surface area contributed by atoms with Crippen molar-refractivity contribution in [1.29, 1.82) is 0 Å². The Kier molecular flexibility index (Phi) is 6.18. The van der Waals surface area contributed by atoms with Gasteiger partial charge in [0.25, 0.3) is 5.91 Å². The Balaban J connectivity index is 1.54. The Bertz CT molecular complexity index is 691. The van der Waals surface area contributed by atoms with Gasteiger partial charge in [0.1, 0.15) is 0 Å². The van der Waals surface area contributed by atoms with E-state index in [1.54, 1.807) is 7.11 Å². The van der Waals surface area contributed by atoms with E-state index in [2.05, 4.69) is 22.1 Å². The van der Waals surface area contributed by atoms with Gasteiger partial charge in [0.2, 0.25) is 0 Å². The lowest BCUT2D eigenvalue weighted by molar-refractivity contribution is 0.102. The first kappa shape index (κ1) is 18.0. The standard InChI is InChI=1S/C19H25N3O2S/c1-14-7-9-22(10-8-14)11-17-13-25-19(20-17)21-18(23)16-5-3-15(4-6-16)12-24-2/h3-6,13-14H,7-12H2,1-2H3,(H,20,21,23). The maximum atomic E-state index is 12.3. The minimum Gasteiger partial charge on any atom is -0.380 e. The number of rotatable bonds is 6. The summed E-state index contributed by atoms with van der Waals surface area (Å²) in [5.74, 6) is 0.702. The van der Waals surface area contributed by atoms with Crippen LogP contribution < -0.4 is 5.32 Å². The highest BCUT2D eigenvalue weighted by Crippen LogP contribution is 2.21. The van der Waals surface area contributed by atoms with E-state index < -0.39 is 0 Å². The van der Waals surface area contributed by atoms with Crippen molar-refractivity contribution in [1.82, 2.24) is 9.88 Å². The molecule has 2 heterocycles. The van der Waals surface area contributed by atoms with E-state index in [0.717, 1.165) is 36.8 Å². The first-order valence-corrected chi connectivity index (χ1v) is 9.58. The van der Waals surface area contributed by atoms with E-state index in [4.69, 9.17) is 4.74 Å². The molecule has 0 unspecified atom stereocenters. The average Bonchev–Trinajstić information content (AvgIpc) is 3.05. The van der Waals surface area contributed by atoms with E-state index in [9.17, 15) is 4.79 Å². The Morgan fingerprint density at radius 1 is 1.32 bits per heavy atom. The van der Waals surface area contributed by atoms with Gasteiger partial charge in [-0.3, -0.25) is 15.0 Å². The van der Waals surface area contributed by atoms with Gasteiger partial charge in [0.05, 0.1) is 12.3 Å². The molecule has 1 aliphatic heterocycles. The summed E-state index contributed by atoms with van der Waals surface area (Å²) in [6.45, 7) is 6.00. The van der Waals surface area contributed by atoms with Crippen LogP contribution in [0.15, 0.2) is 29.6 Å². The number of aromatic nitrogens is 1. The van der Waals surface area contributed by atoms with Crippen LogP contribution in [-0.4, -0.2) is 36.0 Å². The molecule has 0 radical (unpaired) electrons. The SMILES string of the molecule is COCc1ccc(C(=O)Nc2nc(CN3CCC(C)CC3)cs2)cc1. The molecule has 5 nitrogen and oxygen atoms in total. The van der Waals surface area contributed by atoms with Crippen LogP contribution in [0.1, 0.15) is 41.4 Å². The lowest BCUT2D eigenvalue weighted by atomic mass is 9.99. The van der Waals surface area contributed by atoms with Crippen LogP contribution >= 0.6 is 11.3 Å². The zero-order valence-corrected chi connectivity index (χ0v) is 15.6. The lowest BCUT2D eigenvalue weighted by Crippen LogP contribution is -2.32. The number of anilines is 1. The number of amides is 1. The second kappa shape index (κ2) is 8.56. The lowest BCUT2D eigenvalue weighted by Gasteiger charge is -2.29. The summed E-state index contributed by atoms with van der Waals surface area (Å²) < 4.78 is 5.08. The highest BCUT2D eigenvalue weighted by Gasteiger charge is 2.17.